The monoisotopic (exact) mass is 534 g/mol. The lowest BCUT2D eigenvalue weighted by atomic mass is 9.80. The van der Waals surface area contributed by atoms with Crippen LogP contribution in [0.25, 0.3) is 10.8 Å². The maximum atomic E-state index is 7.19. The zero-order valence-corrected chi connectivity index (χ0v) is 23.8. The van der Waals surface area contributed by atoms with Gasteiger partial charge in [-0.25, -0.2) is 0 Å². The summed E-state index contributed by atoms with van der Waals surface area (Å²) in [6.07, 6.45) is -0.391. The summed E-state index contributed by atoms with van der Waals surface area (Å²) in [4.78, 5) is 0. The summed E-state index contributed by atoms with van der Waals surface area (Å²) in [5, 5.41) is 2.85. The van der Waals surface area contributed by atoms with E-state index in [1.54, 1.807) is 0 Å². The highest BCUT2D eigenvalue weighted by atomic mass is 35.5. The van der Waals surface area contributed by atoms with Gasteiger partial charge in [0.25, 0.3) is 0 Å². The van der Waals surface area contributed by atoms with Crippen molar-refractivity contribution in [3.8, 4) is 0 Å². The Morgan fingerprint density at radius 2 is 1.13 bits per heavy atom. The van der Waals surface area contributed by atoms with Crippen molar-refractivity contribution in [2.75, 3.05) is 6.61 Å². The topological polar surface area (TPSA) is 18.5 Å². The average Bonchev–Trinajstić information content (AvgIpc) is 2.94. The van der Waals surface area contributed by atoms with Crippen LogP contribution < -0.4 is 0 Å². The van der Waals surface area contributed by atoms with E-state index in [-0.39, 0.29) is 0 Å². The largest absolute Gasteiger partial charge is 0.365 e. The number of halogens is 1. The summed E-state index contributed by atoms with van der Waals surface area (Å²) < 4.78 is 13.9. The summed E-state index contributed by atoms with van der Waals surface area (Å²) in [7, 11) is 0. The van der Waals surface area contributed by atoms with E-state index in [4.69, 9.17) is 21.1 Å². The molecular formula is C36H35ClO2. The smallest absolute Gasteiger partial charge is 0.143 e. The van der Waals surface area contributed by atoms with Gasteiger partial charge in [0.05, 0.1) is 17.2 Å². The zero-order valence-electron chi connectivity index (χ0n) is 23.0. The summed E-state index contributed by atoms with van der Waals surface area (Å²) in [5.74, 6) is 0. The van der Waals surface area contributed by atoms with Gasteiger partial charge in [0.15, 0.2) is 0 Å². The van der Waals surface area contributed by atoms with Crippen LogP contribution in [0.1, 0.15) is 54.7 Å². The van der Waals surface area contributed by atoms with Gasteiger partial charge in [-0.3, -0.25) is 0 Å². The van der Waals surface area contributed by atoms with Crippen molar-refractivity contribution in [1.29, 1.82) is 0 Å². The van der Waals surface area contributed by atoms with Crippen molar-refractivity contribution >= 4 is 22.4 Å². The molecule has 0 radical (unpaired) electrons. The van der Waals surface area contributed by atoms with Crippen LogP contribution in [0.3, 0.4) is 0 Å². The predicted octanol–water partition coefficient (Wildman–Crippen LogP) is 9.67. The standard InChI is InChI=1S/C36H35ClO2/c1-26-24-27-16-14-15-23-31(27)34(37)33(26)32(39-35(2,3)4)25-38-36(28-17-8-5-9-18-28,29-19-10-6-11-20-29)30-21-12-7-13-22-30/h5-24,32H,25H2,1-4H3/t32-/m1/s1. The van der Waals surface area contributed by atoms with Gasteiger partial charge in [0, 0.05) is 10.9 Å². The summed E-state index contributed by atoms with van der Waals surface area (Å²) >= 11 is 7.14. The Hall–Kier alpha value is -3.43. The van der Waals surface area contributed by atoms with Gasteiger partial charge < -0.3 is 9.47 Å². The number of hydrogen-bond donors (Lipinski definition) is 0. The molecule has 0 amide bonds. The van der Waals surface area contributed by atoms with Gasteiger partial charge in [-0.1, -0.05) is 133 Å². The molecule has 3 heteroatoms. The molecular weight excluding hydrogens is 500 g/mol. The first kappa shape index (κ1) is 27.1. The molecule has 0 unspecified atom stereocenters. The second-order valence-electron chi connectivity index (χ2n) is 11.0. The molecule has 0 bridgehead atoms. The van der Waals surface area contributed by atoms with E-state index < -0.39 is 17.3 Å². The highest BCUT2D eigenvalue weighted by molar-refractivity contribution is 6.36. The van der Waals surface area contributed by atoms with Crippen LogP contribution in [0.15, 0.2) is 121 Å². The fraction of sp³-hybridized carbons (Fsp3) is 0.222. The molecule has 0 aliphatic carbocycles. The van der Waals surface area contributed by atoms with E-state index in [1.165, 1.54) is 0 Å². The van der Waals surface area contributed by atoms with Crippen molar-refractivity contribution in [2.24, 2.45) is 0 Å². The van der Waals surface area contributed by atoms with Crippen LogP contribution in [0.2, 0.25) is 5.02 Å². The number of aryl methyl sites for hydroxylation is 1. The molecule has 5 rings (SSSR count). The molecule has 0 aliphatic heterocycles. The van der Waals surface area contributed by atoms with Gasteiger partial charge in [-0.2, -0.15) is 0 Å². The molecule has 0 spiro atoms. The molecule has 5 aromatic rings. The molecule has 0 N–H and O–H groups in total. The number of fused-ring (bicyclic) bond motifs is 1. The fourth-order valence-corrected chi connectivity index (χ4v) is 5.86. The van der Waals surface area contributed by atoms with Crippen LogP contribution >= 0.6 is 11.6 Å². The normalized spacial score (nSPS) is 12.9. The minimum Gasteiger partial charge on any atom is -0.365 e. The van der Waals surface area contributed by atoms with E-state index in [0.717, 1.165) is 38.6 Å². The lowest BCUT2D eigenvalue weighted by Crippen LogP contribution is -2.36. The Morgan fingerprint density at radius 3 is 1.62 bits per heavy atom. The molecule has 2 nitrogen and oxygen atoms in total. The minimum absolute atomic E-state index is 0.300. The van der Waals surface area contributed by atoms with Crippen molar-refractivity contribution in [3.05, 3.63) is 154 Å². The molecule has 0 saturated carbocycles. The quantitative estimate of drug-likeness (QED) is 0.184. The Labute approximate surface area is 237 Å². The highest BCUT2D eigenvalue weighted by Crippen LogP contribution is 2.43. The fourth-order valence-electron chi connectivity index (χ4n) is 5.42. The van der Waals surface area contributed by atoms with E-state index in [0.29, 0.717) is 11.6 Å². The van der Waals surface area contributed by atoms with Crippen LogP contribution in [0, 0.1) is 6.92 Å². The van der Waals surface area contributed by atoms with Gasteiger partial charge in [0.1, 0.15) is 11.7 Å². The molecule has 39 heavy (non-hydrogen) atoms. The third-order valence-electron chi connectivity index (χ3n) is 7.04. The number of benzene rings is 5. The summed E-state index contributed by atoms with van der Waals surface area (Å²) in [6, 6.07) is 41.7. The Balaban J connectivity index is 1.67. The molecule has 198 valence electrons. The molecule has 5 aromatic carbocycles. The SMILES string of the molecule is Cc1cc2ccccc2c(Cl)c1[C@@H](COC(c1ccccc1)(c1ccccc1)c1ccccc1)OC(C)(C)C. The number of hydrogen-bond acceptors (Lipinski definition) is 2. The number of rotatable bonds is 8. The molecule has 1 atom stereocenters. The van der Waals surface area contributed by atoms with Crippen LogP contribution in [-0.2, 0) is 15.1 Å². The highest BCUT2D eigenvalue weighted by Gasteiger charge is 2.39. The van der Waals surface area contributed by atoms with Crippen LogP contribution in [0.4, 0.5) is 0 Å². The lowest BCUT2D eigenvalue weighted by molar-refractivity contribution is -0.118. The third kappa shape index (κ3) is 5.65. The first-order valence-corrected chi connectivity index (χ1v) is 13.8. The third-order valence-corrected chi connectivity index (χ3v) is 7.45. The first-order chi connectivity index (χ1) is 18.8. The van der Waals surface area contributed by atoms with Crippen LogP contribution in [0.5, 0.6) is 0 Å². The molecule has 0 saturated heterocycles. The van der Waals surface area contributed by atoms with Gasteiger partial charge in [-0.15, -0.1) is 0 Å². The van der Waals surface area contributed by atoms with E-state index in [1.807, 2.05) is 30.3 Å². The van der Waals surface area contributed by atoms with Crippen molar-refractivity contribution in [2.45, 2.75) is 45.0 Å². The summed E-state index contributed by atoms with van der Waals surface area (Å²) in [5.41, 5.74) is 3.95. The molecule has 0 fully saturated rings. The van der Waals surface area contributed by atoms with Gasteiger partial charge in [0.2, 0.25) is 0 Å². The maximum Gasteiger partial charge on any atom is 0.143 e. The maximum absolute atomic E-state index is 7.19. The average molecular weight is 535 g/mol. The Morgan fingerprint density at radius 1 is 0.667 bits per heavy atom. The first-order valence-electron chi connectivity index (χ1n) is 13.5. The molecule has 0 aromatic heterocycles. The summed E-state index contributed by atoms with van der Waals surface area (Å²) in [6.45, 7) is 8.62. The van der Waals surface area contributed by atoms with Gasteiger partial charge in [-0.05, 0) is 55.3 Å². The van der Waals surface area contributed by atoms with Gasteiger partial charge >= 0.3 is 0 Å². The van der Waals surface area contributed by atoms with Crippen LogP contribution in [-0.4, -0.2) is 12.2 Å². The minimum atomic E-state index is -0.847. The molecule has 0 aliphatic rings. The van der Waals surface area contributed by atoms with Crippen molar-refractivity contribution in [3.63, 3.8) is 0 Å². The van der Waals surface area contributed by atoms with E-state index in [9.17, 15) is 0 Å². The van der Waals surface area contributed by atoms with E-state index >= 15 is 0 Å². The predicted molar refractivity (Wildman–Crippen MR) is 162 cm³/mol. The Kier molecular flexibility index (Phi) is 7.91. The Bertz CT molecular complexity index is 1430. The zero-order chi connectivity index (χ0) is 27.5. The second-order valence-corrected chi connectivity index (χ2v) is 11.3. The van der Waals surface area contributed by atoms with Crippen molar-refractivity contribution < 1.29 is 9.47 Å². The second kappa shape index (κ2) is 11.4. The molecule has 0 heterocycles. The van der Waals surface area contributed by atoms with Crippen molar-refractivity contribution in [1.82, 2.24) is 0 Å². The van der Waals surface area contributed by atoms with E-state index in [2.05, 4.69) is 119 Å². The number of ether oxygens (including phenoxy) is 2. The lowest BCUT2D eigenvalue weighted by Gasteiger charge is -2.38.